The zero-order chi connectivity index (χ0) is 10.8. The van der Waals surface area contributed by atoms with Gasteiger partial charge in [0.05, 0.1) is 7.11 Å². The highest BCUT2D eigenvalue weighted by atomic mass is 16.5. The Hall–Kier alpha value is -1.90. The van der Waals surface area contributed by atoms with Gasteiger partial charge in [0.1, 0.15) is 11.6 Å². The number of para-hydroxylation sites is 1. The van der Waals surface area contributed by atoms with Crippen molar-refractivity contribution in [2.45, 2.75) is 0 Å². The zero-order valence-corrected chi connectivity index (χ0v) is 8.90. The topological polar surface area (TPSA) is 40.2 Å². The second-order valence-corrected chi connectivity index (χ2v) is 3.43. The quantitative estimate of drug-likeness (QED) is 0.811. The smallest absolute Gasteiger partial charge is 0.126 e. The summed E-state index contributed by atoms with van der Waals surface area (Å²) in [4.78, 5) is 0. The molecule has 0 fully saturated rings. The molecular formula is C12H14N2O. The van der Waals surface area contributed by atoms with E-state index in [1.54, 1.807) is 7.11 Å². The lowest BCUT2D eigenvalue weighted by Gasteiger charge is -2.07. The molecule has 0 amide bonds. The van der Waals surface area contributed by atoms with E-state index in [1.165, 1.54) is 0 Å². The fourth-order valence-electron chi connectivity index (χ4n) is 1.64. The molecule has 1 heterocycles. The highest BCUT2D eigenvalue weighted by Crippen LogP contribution is 2.33. The van der Waals surface area contributed by atoms with Gasteiger partial charge in [0.15, 0.2) is 0 Å². The molecule has 0 spiro atoms. The number of aryl methyl sites for hydroxylation is 1. The van der Waals surface area contributed by atoms with E-state index in [4.69, 9.17) is 10.5 Å². The molecule has 1 aromatic heterocycles. The van der Waals surface area contributed by atoms with E-state index in [0.29, 0.717) is 0 Å². The van der Waals surface area contributed by atoms with E-state index in [-0.39, 0.29) is 0 Å². The molecule has 0 unspecified atom stereocenters. The van der Waals surface area contributed by atoms with Crippen LogP contribution in [-0.2, 0) is 7.05 Å². The molecule has 0 saturated carbocycles. The van der Waals surface area contributed by atoms with Crippen molar-refractivity contribution in [1.82, 2.24) is 4.57 Å². The monoisotopic (exact) mass is 202 g/mol. The number of nitrogens with zero attached hydrogens (tertiary/aromatic N) is 1. The number of benzene rings is 1. The van der Waals surface area contributed by atoms with Crippen LogP contribution in [0.25, 0.3) is 11.1 Å². The van der Waals surface area contributed by atoms with Crippen LogP contribution in [0.5, 0.6) is 5.75 Å². The third-order valence-corrected chi connectivity index (χ3v) is 2.52. The van der Waals surface area contributed by atoms with Gasteiger partial charge in [-0.05, 0) is 12.1 Å². The first-order valence-electron chi connectivity index (χ1n) is 4.78. The molecule has 2 rings (SSSR count). The van der Waals surface area contributed by atoms with E-state index >= 15 is 0 Å². The molecule has 0 aliphatic heterocycles. The van der Waals surface area contributed by atoms with Gasteiger partial charge in [-0.15, -0.1) is 0 Å². The number of anilines is 1. The van der Waals surface area contributed by atoms with Crippen LogP contribution in [0.3, 0.4) is 0 Å². The fraction of sp³-hybridized carbons (Fsp3) is 0.167. The lowest BCUT2D eigenvalue weighted by atomic mass is 10.1. The lowest BCUT2D eigenvalue weighted by molar-refractivity contribution is 0.416. The van der Waals surface area contributed by atoms with Crippen LogP contribution in [0.4, 0.5) is 5.82 Å². The first kappa shape index (κ1) is 9.65. The number of hydrogen-bond acceptors (Lipinski definition) is 2. The van der Waals surface area contributed by atoms with E-state index in [2.05, 4.69) is 0 Å². The second kappa shape index (κ2) is 3.69. The summed E-state index contributed by atoms with van der Waals surface area (Å²) >= 11 is 0. The number of aromatic nitrogens is 1. The minimum atomic E-state index is 0.750. The van der Waals surface area contributed by atoms with Crippen LogP contribution >= 0.6 is 0 Å². The van der Waals surface area contributed by atoms with Crippen LogP contribution in [0.1, 0.15) is 0 Å². The van der Waals surface area contributed by atoms with Crippen molar-refractivity contribution < 1.29 is 4.74 Å². The molecule has 15 heavy (non-hydrogen) atoms. The summed E-state index contributed by atoms with van der Waals surface area (Å²) in [5.74, 6) is 1.59. The summed E-state index contributed by atoms with van der Waals surface area (Å²) in [7, 11) is 3.59. The zero-order valence-electron chi connectivity index (χ0n) is 8.90. The maximum atomic E-state index is 5.97. The number of hydrogen-bond donors (Lipinski definition) is 1. The Kier molecular flexibility index (Phi) is 2.37. The standard InChI is InChI=1S/C12H14N2O/c1-14-8-7-10(12(14)13)9-5-3-4-6-11(9)15-2/h3-8H,13H2,1-2H3. The van der Waals surface area contributed by atoms with E-state index in [1.807, 2.05) is 48.1 Å². The molecule has 0 aliphatic carbocycles. The second-order valence-electron chi connectivity index (χ2n) is 3.43. The van der Waals surface area contributed by atoms with Crippen molar-refractivity contribution in [1.29, 1.82) is 0 Å². The molecule has 2 N–H and O–H groups in total. The van der Waals surface area contributed by atoms with Gasteiger partial charge in [0.25, 0.3) is 0 Å². The first-order valence-corrected chi connectivity index (χ1v) is 4.78. The van der Waals surface area contributed by atoms with Crippen molar-refractivity contribution in [3.8, 4) is 16.9 Å². The normalized spacial score (nSPS) is 10.3. The molecule has 3 nitrogen and oxygen atoms in total. The molecule has 0 radical (unpaired) electrons. The molecular weight excluding hydrogens is 188 g/mol. The Morgan fingerprint density at radius 2 is 1.87 bits per heavy atom. The van der Waals surface area contributed by atoms with Crippen molar-refractivity contribution in [2.75, 3.05) is 12.8 Å². The average Bonchev–Trinajstić information content (AvgIpc) is 2.60. The van der Waals surface area contributed by atoms with E-state index < -0.39 is 0 Å². The minimum Gasteiger partial charge on any atom is -0.496 e. The number of rotatable bonds is 2. The molecule has 0 atom stereocenters. The Morgan fingerprint density at radius 3 is 2.47 bits per heavy atom. The van der Waals surface area contributed by atoms with Crippen LogP contribution in [0.15, 0.2) is 36.5 Å². The van der Waals surface area contributed by atoms with Crippen LogP contribution in [0.2, 0.25) is 0 Å². The molecule has 2 aromatic rings. The van der Waals surface area contributed by atoms with Gasteiger partial charge in [-0.3, -0.25) is 0 Å². The molecule has 0 aliphatic rings. The van der Waals surface area contributed by atoms with Crippen molar-refractivity contribution in [3.63, 3.8) is 0 Å². The minimum absolute atomic E-state index is 0.750. The van der Waals surface area contributed by atoms with E-state index in [0.717, 1.165) is 22.7 Å². The van der Waals surface area contributed by atoms with Crippen molar-refractivity contribution in [2.24, 2.45) is 7.05 Å². The highest BCUT2D eigenvalue weighted by molar-refractivity contribution is 5.79. The maximum Gasteiger partial charge on any atom is 0.126 e. The summed E-state index contributed by atoms with van der Waals surface area (Å²) in [5, 5.41) is 0. The third kappa shape index (κ3) is 1.56. The van der Waals surface area contributed by atoms with Crippen molar-refractivity contribution >= 4 is 5.82 Å². The number of nitrogen functional groups attached to an aromatic ring is 1. The van der Waals surface area contributed by atoms with Crippen LogP contribution in [-0.4, -0.2) is 11.7 Å². The first-order chi connectivity index (χ1) is 7.24. The van der Waals surface area contributed by atoms with E-state index in [9.17, 15) is 0 Å². The van der Waals surface area contributed by atoms with Gasteiger partial charge in [0.2, 0.25) is 0 Å². The molecule has 0 saturated heterocycles. The average molecular weight is 202 g/mol. The SMILES string of the molecule is COc1ccccc1-c1ccn(C)c1N. The predicted molar refractivity (Wildman–Crippen MR) is 61.8 cm³/mol. The van der Waals surface area contributed by atoms with Gasteiger partial charge < -0.3 is 15.0 Å². The predicted octanol–water partition coefficient (Wildman–Crippen LogP) is 2.28. The van der Waals surface area contributed by atoms with Gasteiger partial charge in [-0.2, -0.15) is 0 Å². The summed E-state index contributed by atoms with van der Waals surface area (Å²) in [5.41, 5.74) is 8.00. The van der Waals surface area contributed by atoms with Gasteiger partial charge in [-0.1, -0.05) is 18.2 Å². The molecule has 78 valence electrons. The number of nitrogens with two attached hydrogens (primary N) is 1. The van der Waals surface area contributed by atoms with Crippen LogP contribution < -0.4 is 10.5 Å². The summed E-state index contributed by atoms with van der Waals surface area (Å²) in [6.07, 6.45) is 1.94. The number of ether oxygens (including phenoxy) is 1. The molecule has 1 aromatic carbocycles. The maximum absolute atomic E-state index is 5.97. The largest absolute Gasteiger partial charge is 0.496 e. The number of methoxy groups -OCH3 is 1. The fourth-order valence-corrected chi connectivity index (χ4v) is 1.64. The van der Waals surface area contributed by atoms with Gasteiger partial charge in [-0.25, -0.2) is 0 Å². The molecule has 0 bridgehead atoms. The Labute approximate surface area is 89.1 Å². The Bertz CT molecular complexity index is 474. The summed E-state index contributed by atoms with van der Waals surface area (Å²) in [6.45, 7) is 0. The third-order valence-electron chi connectivity index (χ3n) is 2.52. The summed E-state index contributed by atoms with van der Waals surface area (Å²) in [6, 6.07) is 9.85. The molecule has 3 heteroatoms. The van der Waals surface area contributed by atoms with Gasteiger partial charge >= 0.3 is 0 Å². The highest BCUT2D eigenvalue weighted by Gasteiger charge is 2.09. The van der Waals surface area contributed by atoms with Crippen molar-refractivity contribution in [3.05, 3.63) is 36.5 Å². The van der Waals surface area contributed by atoms with Gasteiger partial charge in [0, 0.05) is 24.4 Å². The Morgan fingerprint density at radius 1 is 1.13 bits per heavy atom. The lowest BCUT2D eigenvalue weighted by Crippen LogP contribution is -1.96. The Balaban J connectivity index is 2.58. The van der Waals surface area contributed by atoms with Crippen LogP contribution in [0, 0.1) is 0 Å². The summed E-state index contributed by atoms with van der Waals surface area (Å²) < 4.78 is 7.19.